The fourth-order valence-electron chi connectivity index (χ4n) is 4.36. The Morgan fingerprint density at radius 2 is 1.88 bits per heavy atom. The number of guanidine groups is 1. The number of ether oxygens (including phenoxy) is 1. The van der Waals surface area contributed by atoms with Gasteiger partial charge >= 0.3 is 0 Å². The van der Waals surface area contributed by atoms with E-state index in [2.05, 4.69) is 26.6 Å². The van der Waals surface area contributed by atoms with Gasteiger partial charge in [0, 0.05) is 44.3 Å². The first-order valence-electron chi connectivity index (χ1n) is 9.96. The molecule has 6 heteroatoms. The average Bonchev–Trinajstić information content (AvgIpc) is 3.00. The summed E-state index contributed by atoms with van der Waals surface area (Å²) in [6.07, 6.45) is 6.52. The van der Waals surface area contributed by atoms with E-state index in [0.717, 1.165) is 56.9 Å². The van der Waals surface area contributed by atoms with Crippen molar-refractivity contribution in [1.82, 2.24) is 15.5 Å². The molecule has 1 saturated heterocycles. The van der Waals surface area contributed by atoms with Gasteiger partial charge in [0.05, 0.1) is 13.2 Å². The molecule has 6 nitrogen and oxygen atoms in total. The molecule has 0 spiro atoms. The van der Waals surface area contributed by atoms with Crippen molar-refractivity contribution in [2.75, 3.05) is 39.9 Å². The Labute approximate surface area is 157 Å². The highest BCUT2D eigenvalue weighted by molar-refractivity contribution is 5.79. The van der Waals surface area contributed by atoms with Crippen molar-refractivity contribution >= 4 is 5.96 Å². The molecule has 0 amide bonds. The topological polar surface area (TPSA) is 62.0 Å². The first kappa shape index (κ1) is 19.2. The fourth-order valence-corrected chi connectivity index (χ4v) is 4.36. The number of hydrogen-bond acceptors (Lipinski definition) is 4. The van der Waals surface area contributed by atoms with Crippen LogP contribution in [0.15, 0.2) is 15.5 Å². The van der Waals surface area contributed by atoms with Crippen LogP contribution in [0.4, 0.5) is 0 Å². The Hall–Kier alpha value is -1.53. The lowest BCUT2D eigenvalue weighted by Gasteiger charge is -2.48. The summed E-state index contributed by atoms with van der Waals surface area (Å²) in [7, 11) is 1.84. The number of furan rings is 1. The lowest BCUT2D eigenvalue weighted by molar-refractivity contribution is -0.0352. The number of rotatable bonds is 5. The summed E-state index contributed by atoms with van der Waals surface area (Å²) in [6.45, 7) is 9.46. The van der Waals surface area contributed by atoms with E-state index in [1.54, 1.807) is 0 Å². The largest absolute Gasteiger partial charge is 0.466 e. The zero-order chi connectivity index (χ0) is 18.4. The maximum Gasteiger partial charge on any atom is 0.191 e. The molecule has 146 valence electrons. The Balaban J connectivity index is 1.58. The third-order valence-electron chi connectivity index (χ3n) is 5.86. The second-order valence-corrected chi connectivity index (χ2v) is 7.60. The van der Waals surface area contributed by atoms with E-state index < -0.39 is 0 Å². The Kier molecular flexibility index (Phi) is 6.59. The summed E-state index contributed by atoms with van der Waals surface area (Å²) in [4.78, 5) is 7.07. The molecule has 1 aromatic heterocycles. The van der Waals surface area contributed by atoms with E-state index in [1.807, 2.05) is 20.9 Å². The number of hydrogen-bond donors (Lipinski definition) is 2. The molecule has 0 bridgehead atoms. The predicted octanol–water partition coefficient (Wildman–Crippen LogP) is 2.60. The van der Waals surface area contributed by atoms with Gasteiger partial charge in [-0.2, -0.15) is 0 Å². The standard InChI is InChI=1S/C20H34N4O2/c1-16-13-18(17(2)26-16)14-22-19(21-3)23-15-20(7-5-4-6-8-20)24-9-11-25-12-10-24/h13H,4-12,14-15H2,1-3H3,(H2,21,22,23). The minimum absolute atomic E-state index is 0.238. The average molecular weight is 363 g/mol. The van der Waals surface area contributed by atoms with Gasteiger partial charge in [0.2, 0.25) is 0 Å². The van der Waals surface area contributed by atoms with Gasteiger partial charge < -0.3 is 19.8 Å². The molecule has 1 aromatic rings. The van der Waals surface area contributed by atoms with Gasteiger partial charge in [0.25, 0.3) is 0 Å². The van der Waals surface area contributed by atoms with Crippen molar-refractivity contribution in [3.8, 4) is 0 Å². The van der Waals surface area contributed by atoms with E-state index in [0.29, 0.717) is 0 Å². The van der Waals surface area contributed by atoms with E-state index in [1.165, 1.54) is 37.7 Å². The summed E-state index contributed by atoms with van der Waals surface area (Å²) >= 11 is 0. The van der Waals surface area contributed by atoms with Crippen LogP contribution in [0, 0.1) is 13.8 Å². The van der Waals surface area contributed by atoms with Crippen LogP contribution < -0.4 is 10.6 Å². The van der Waals surface area contributed by atoms with Gasteiger partial charge in [-0.05, 0) is 32.8 Å². The van der Waals surface area contributed by atoms with Gasteiger partial charge in [-0.1, -0.05) is 19.3 Å². The molecular weight excluding hydrogens is 328 g/mol. The monoisotopic (exact) mass is 362 g/mol. The highest BCUT2D eigenvalue weighted by atomic mass is 16.5. The third kappa shape index (κ3) is 4.60. The van der Waals surface area contributed by atoms with Crippen LogP contribution in [0.25, 0.3) is 0 Å². The summed E-state index contributed by atoms with van der Waals surface area (Å²) in [6, 6.07) is 2.09. The van der Waals surface area contributed by atoms with Crippen molar-refractivity contribution in [2.45, 2.75) is 58.0 Å². The molecule has 1 aliphatic carbocycles. The molecule has 0 atom stereocenters. The molecule has 0 radical (unpaired) electrons. The highest BCUT2D eigenvalue weighted by Gasteiger charge is 2.38. The Bertz CT molecular complexity index is 599. The van der Waals surface area contributed by atoms with Crippen LogP contribution in [0.5, 0.6) is 0 Å². The normalized spacial score (nSPS) is 21.6. The van der Waals surface area contributed by atoms with Crippen molar-refractivity contribution in [2.24, 2.45) is 4.99 Å². The van der Waals surface area contributed by atoms with Gasteiger partial charge in [0.15, 0.2) is 5.96 Å². The van der Waals surface area contributed by atoms with E-state index in [4.69, 9.17) is 9.15 Å². The molecule has 0 unspecified atom stereocenters. The summed E-state index contributed by atoms with van der Waals surface area (Å²) < 4.78 is 11.2. The first-order valence-corrected chi connectivity index (χ1v) is 9.96. The minimum atomic E-state index is 0.238. The molecule has 2 N–H and O–H groups in total. The van der Waals surface area contributed by atoms with Gasteiger partial charge in [-0.3, -0.25) is 9.89 Å². The smallest absolute Gasteiger partial charge is 0.191 e. The highest BCUT2D eigenvalue weighted by Crippen LogP contribution is 2.33. The number of morpholine rings is 1. The first-order chi connectivity index (χ1) is 12.6. The van der Waals surface area contributed by atoms with E-state index in [-0.39, 0.29) is 5.54 Å². The third-order valence-corrected chi connectivity index (χ3v) is 5.86. The summed E-state index contributed by atoms with van der Waals surface area (Å²) in [5.41, 5.74) is 1.42. The zero-order valence-electron chi connectivity index (χ0n) is 16.6. The number of aryl methyl sites for hydroxylation is 2. The SMILES string of the molecule is CN=C(NCc1cc(C)oc1C)NCC1(N2CCOCC2)CCCCC1. The summed E-state index contributed by atoms with van der Waals surface area (Å²) in [5.74, 6) is 2.79. The molecule has 1 saturated carbocycles. The molecule has 3 rings (SSSR count). The Morgan fingerprint density at radius 3 is 2.50 bits per heavy atom. The number of nitrogens with one attached hydrogen (secondary N) is 2. The summed E-state index contributed by atoms with van der Waals surface area (Å²) in [5, 5.41) is 7.03. The maximum absolute atomic E-state index is 5.61. The Morgan fingerprint density at radius 1 is 1.15 bits per heavy atom. The second kappa shape index (κ2) is 8.91. The van der Waals surface area contributed by atoms with Crippen LogP contribution >= 0.6 is 0 Å². The van der Waals surface area contributed by atoms with Crippen LogP contribution in [0.2, 0.25) is 0 Å². The quantitative estimate of drug-likeness (QED) is 0.623. The van der Waals surface area contributed by atoms with E-state index >= 15 is 0 Å². The fraction of sp³-hybridized carbons (Fsp3) is 0.750. The van der Waals surface area contributed by atoms with Crippen LogP contribution in [0.1, 0.15) is 49.2 Å². The molecule has 26 heavy (non-hydrogen) atoms. The molecule has 2 fully saturated rings. The maximum atomic E-state index is 5.61. The van der Waals surface area contributed by atoms with Crippen LogP contribution in [0.3, 0.4) is 0 Å². The van der Waals surface area contributed by atoms with Gasteiger partial charge in [0.1, 0.15) is 11.5 Å². The molecule has 2 heterocycles. The molecule has 1 aliphatic heterocycles. The second-order valence-electron chi connectivity index (χ2n) is 7.60. The molecule has 0 aromatic carbocycles. The zero-order valence-corrected chi connectivity index (χ0v) is 16.6. The van der Waals surface area contributed by atoms with Crippen molar-refractivity contribution in [3.05, 3.63) is 23.2 Å². The van der Waals surface area contributed by atoms with Gasteiger partial charge in [-0.15, -0.1) is 0 Å². The molecular formula is C20H34N4O2. The minimum Gasteiger partial charge on any atom is -0.466 e. The van der Waals surface area contributed by atoms with Crippen molar-refractivity contribution in [1.29, 1.82) is 0 Å². The molecule has 2 aliphatic rings. The van der Waals surface area contributed by atoms with Crippen LogP contribution in [-0.4, -0.2) is 56.3 Å². The number of nitrogens with zero attached hydrogens (tertiary/aromatic N) is 2. The van der Waals surface area contributed by atoms with Crippen molar-refractivity contribution < 1.29 is 9.15 Å². The number of aliphatic imine (C=N–C) groups is 1. The predicted molar refractivity (Wildman–Crippen MR) is 105 cm³/mol. The lowest BCUT2D eigenvalue weighted by atomic mass is 9.80. The van der Waals surface area contributed by atoms with Crippen LogP contribution in [-0.2, 0) is 11.3 Å². The van der Waals surface area contributed by atoms with Gasteiger partial charge in [-0.25, -0.2) is 0 Å². The lowest BCUT2D eigenvalue weighted by Crippen LogP contribution is -2.60. The van der Waals surface area contributed by atoms with Crippen molar-refractivity contribution in [3.63, 3.8) is 0 Å². The van der Waals surface area contributed by atoms with E-state index in [9.17, 15) is 0 Å².